The molecule has 0 radical (unpaired) electrons. The van der Waals surface area contributed by atoms with Crippen LogP contribution >= 0.6 is 0 Å². The number of fused-ring (bicyclic) bond motifs is 2. The van der Waals surface area contributed by atoms with Crippen molar-refractivity contribution in [2.75, 3.05) is 13.2 Å². The number of nitrogens with one attached hydrogen (secondary N) is 1. The van der Waals surface area contributed by atoms with Gasteiger partial charge in [0.15, 0.2) is 0 Å². The molecule has 2 rings (SSSR count). The summed E-state index contributed by atoms with van der Waals surface area (Å²) >= 11 is 0. The van der Waals surface area contributed by atoms with Gasteiger partial charge in [-0.3, -0.25) is 4.84 Å². The van der Waals surface area contributed by atoms with Crippen LogP contribution in [0.5, 0.6) is 0 Å². The van der Waals surface area contributed by atoms with Crippen molar-refractivity contribution in [2.45, 2.75) is 40.0 Å². The van der Waals surface area contributed by atoms with Crippen LogP contribution < -0.4 is 5.32 Å². The summed E-state index contributed by atoms with van der Waals surface area (Å²) in [5, 5.41) is 6.57. The monoisotopic (exact) mass is 308 g/mol. The number of amides is 1. The molecule has 22 heavy (non-hydrogen) atoms. The Balaban J connectivity index is 1.79. The van der Waals surface area contributed by atoms with Gasteiger partial charge in [-0.1, -0.05) is 32.5 Å². The fraction of sp³-hybridized carbons (Fsp3) is 0.688. The van der Waals surface area contributed by atoms with E-state index >= 15 is 0 Å². The predicted octanol–water partition coefficient (Wildman–Crippen LogP) is 2.64. The number of carbonyl (C=O) groups excluding carboxylic acids is 2. The first-order chi connectivity index (χ1) is 10.3. The number of rotatable bonds is 5. The minimum Gasteiger partial charge on any atom is -0.461 e. The van der Waals surface area contributed by atoms with E-state index in [1.807, 2.05) is 0 Å². The number of hydrogen-bond acceptors (Lipinski definition) is 5. The fourth-order valence-corrected chi connectivity index (χ4v) is 3.56. The standard InChI is InChI=1S/C16H24N2O4/c1-5-13(19)21-9-8-17-14(20)22-18-12-10-11-6-7-16(12,4)15(11,2)3/h5,11H,1,6-10H2,2-4H3,(H,17,20)/b18-12+. The first-order valence-electron chi connectivity index (χ1n) is 7.62. The summed E-state index contributed by atoms with van der Waals surface area (Å²) in [4.78, 5) is 27.4. The van der Waals surface area contributed by atoms with E-state index in [0.29, 0.717) is 5.92 Å². The van der Waals surface area contributed by atoms with Crippen molar-refractivity contribution in [3.8, 4) is 0 Å². The van der Waals surface area contributed by atoms with Crippen molar-refractivity contribution < 1.29 is 19.2 Å². The lowest BCUT2D eigenvalue weighted by Crippen LogP contribution is -2.33. The Morgan fingerprint density at radius 2 is 2.18 bits per heavy atom. The lowest BCUT2D eigenvalue weighted by Gasteiger charge is -2.34. The van der Waals surface area contributed by atoms with E-state index in [0.717, 1.165) is 24.6 Å². The number of ether oxygens (including phenoxy) is 1. The van der Waals surface area contributed by atoms with Crippen molar-refractivity contribution in [3.63, 3.8) is 0 Å². The van der Waals surface area contributed by atoms with Crippen LogP contribution in [0.1, 0.15) is 40.0 Å². The Bertz CT molecular complexity index is 512. The number of carbonyl (C=O) groups is 2. The summed E-state index contributed by atoms with van der Waals surface area (Å²) in [5.41, 5.74) is 1.18. The highest BCUT2D eigenvalue weighted by atomic mass is 16.7. The van der Waals surface area contributed by atoms with E-state index in [1.165, 1.54) is 6.42 Å². The zero-order valence-electron chi connectivity index (χ0n) is 13.5. The summed E-state index contributed by atoms with van der Waals surface area (Å²) in [7, 11) is 0. The van der Waals surface area contributed by atoms with Crippen molar-refractivity contribution in [1.29, 1.82) is 0 Å². The Labute approximate surface area is 130 Å². The molecule has 6 heteroatoms. The maximum absolute atomic E-state index is 11.6. The van der Waals surface area contributed by atoms with Gasteiger partial charge in [0.25, 0.3) is 0 Å². The van der Waals surface area contributed by atoms with Gasteiger partial charge in [0.05, 0.1) is 12.3 Å². The van der Waals surface area contributed by atoms with Gasteiger partial charge < -0.3 is 10.1 Å². The molecule has 1 N–H and O–H groups in total. The van der Waals surface area contributed by atoms with Gasteiger partial charge in [-0.15, -0.1) is 0 Å². The van der Waals surface area contributed by atoms with E-state index in [2.05, 4.69) is 37.8 Å². The average molecular weight is 308 g/mol. The molecule has 2 saturated carbocycles. The molecule has 2 aliphatic carbocycles. The molecule has 2 unspecified atom stereocenters. The second-order valence-corrected chi connectivity index (χ2v) is 6.71. The maximum atomic E-state index is 11.6. The van der Waals surface area contributed by atoms with Gasteiger partial charge in [0.1, 0.15) is 6.61 Å². The Kier molecular flexibility index (Phi) is 4.58. The van der Waals surface area contributed by atoms with Gasteiger partial charge in [-0.25, -0.2) is 9.59 Å². The molecule has 0 aromatic rings. The van der Waals surface area contributed by atoms with Gasteiger partial charge in [0.2, 0.25) is 0 Å². The molecular formula is C16H24N2O4. The fourth-order valence-electron chi connectivity index (χ4n) is 3.56. The van der Waals surface area contributed by atoms with Crippen LogP contribution in [-0.2, 0) is 14.4 Å². The van der Waals surface area contributed by atoms with E-state index in [1.54, 1.807) is 0 Å². The number of nitrogens with zero attached hydrogens (tertiary/aromatic N) is 1. The molecule has 0 saturated heterocycles. The van der Waals surface area contributed by atoms with Crippen molar-refractivity contribution in [2.24, 2.45) is 21.9 Å². The number of oxime groups is 1. The smallest absolute Gasteiger partial charge is 0.433 e. The highest BCUT2D eigenvalue weighted by Crippen LogP contribution is 2.63. The largest absolute Gasteiger partial charge is 0.461 e. The predicted molar refractivity (Wildman–Crippen MR) is 82.3 cm³/mol. The maximum Gasteiger partial charge on any atom is 0.433 e. The molecule has 2 atom stereocenters. The summed E-state index contributed by atoms with van der Waals surface area (Å²) < 4.78 is 4.74. The third-order valence-electron chi connectivity index (χ3n) is 5.53. The first-order valence-corrected chi connectivity index (χ1v) is 7.62. The summed E-state index contributed by atoms with van der Waals surface area (Å²) in [5.74, 6) is 0.0915. The minimum absolute atomic E-state index is 0.0113. The van der Waals surface area contributed by atoms with E-state index in [-0.39, 0.29) is 24.0 Å². The molecule has 6 nitrogen and oxygen atoms in total. The molecule has 1 amide bonds. The van der Waals surface area contributed by atoms with Crippen molar-refractivity contribution in [1.82, 2.24) is 5.32 Å². The van der Waals surface area contributed by atoms with Crippen LogP contribution in [-0.4, -0.2) is 30.9 Å². The van der Waals surface area contributed by atoms with Crippen LogP contribution in [0.15, 0.2) is 17.8 Å². The zero-order valence-corrected chi connectivity index (χ0v) is 13.5. The zero-order chi connectivity index (χ0) is 16.4. The topological polar surface area (TPSA) is 77.0 Å². The first kappa shape index (κ1) is 16.5. The summed E-state index contributed by atoms with van der Waals surface area (Å²) in [6.07, 6.45) is 3.64. The number of hydrogen-bond donors (Lipinski definition) is 1. The molecule has 2 fully saturated rings. The summed E-state index contributed by atoms with van der Waals surface area (Å²) in [6, 6.07) is 0. The molecule has 0 aromatic carbocycles. The van der Waals surface area contributed by atoms with Crippen LogP contribution in [0.3, 0.4) is 0 Å². The van der Waals surface area contributed by atoms with Gasteiger partial charge >= 0.3 is 12.1 Å². The van der Waals surface area contributed by atoms with Gasteiger partial charge in [0, 0.05) is 11.5 Å². The molecular weight excluding hydrogens is 284 g/mol. The van der Waals surface area contributed by atoms with Crippen molar-refractivity contribution >= 4 is 17.8 Å². The molecule has 2 bridgehead atoms. The number of esters is 1. The van der Waals surface area contributed by atoms with Crippen LogP contribution in [0.2, 0.25) is 0 Å². The third-order valence-corrected chi connectivity index (χ3v) is 5.53. The van der Waals surface area contributed by atoms with E-state index in [9.17, 15) is 9.59 Å². The highest BCUT2D eigenvalue weighted by molar-refractivity contribution is 5.94. The van der Waals surface area contributed by atoms with Gasteiger partial charge in [-0.05, 0) is 30.6 Å². The second kappa shape index (κ2) is 6.10. The van der Waals surface area contributed by atoms with E-state index < -0.39 is 12.1 Å². The molecule has 0 aliphatic heterocycles. The SMILES string of the molecule is C=CC(=O)OCCNC(=O)O/N=C1\CC2CCC1(C)C2(C)C. The molecule has 0 aromatic heterocycles. The van der Waals surface area contributed by atoms with Crippen LogP contribution in [0.25, 0.3) is 0 Å². The van der Waals surface area contributed by atoms with Crippen LogP contribution in [0, 0.1) is 16.7 Å². The van der Waals surface area contributed by atoms with Crippen molar-refractivity contribution in [3.05, 3.63) is 12.7 Å². The quantitative estimate of drug-likeness (QED) is 0.278. The second-order valence-electron chi connectivity index (χ2n) is 6.71. The Morgan fingerprint density at radius 1 is 1.45 bits per heavy atom. The molecule has 0 spiro atoms. The lowest BCUT2D eigenvalue weighted by molar-refractivity contribution is -0.137. The Hall–Kier alpha value is -1.85. The lowest BCUT2D eigenvalue weighted by atomic mass is 9.70. The summed E-state index contributed by atoms with van der Waals surface area (Å²) in [6.45, 7) is 10.3. The highest BCUT2D eigenvalue weighted by Gasteiger charge is 2.60. The average Bonchev–Trinajstić information content (AvgIpc) is 2.82. The van der Waals surface area contributed by atoms with Gasteiger partial charge in [-0.2, -0.15) is 0 Å². The third kappa shape index (κ3) is 2.87. The minimum atomic E-state index is -0.633. The van der Waals surface area contributed by atoms with E-state index in [4.69, 9.17) is 9.57 Å². The van der Waals surface area contributed by atoms with Crippen LogP contribution in [0.4, 0.5) is 4.79 Å². The Morgan fingerprint density at radius 3 is 2.73 bits per heavy atom. The molecule has 0 heterocycles. The normalized spacial score (nSPS) is 30.1. The molecule has 122 valence electrons. The molecule has 2 aliphatic rings.